The molecule has 0 amide bonds. The summed E-state index contributed by atoms with van der Waals surface area (Å²) < 4.78 is 0. The lowest BCUT2D eigenvalue weighted by atomic mass is 9.67. The molecule has 0 radical (unpaired) electrons. The Kier molecular flexibility index (Phi) is 9.05. The van der Waals surface area contributed by atoms with E-state index in [9.17, 15) is 0 Å². The van der Waals surface area contributed by atoms with E-state index in [1.54, 1.807) is 0 Å². The number of hydrogen-bond acceptors (Lipinski definition) is 2. The van der Waals surface area contributed by atoms with Crippen LogP contribution in [0.2, 0.25) is 0 Å². The lowest BCUT2D eigenvalue weighted by Gasteiger charge is -2.40. The molecule has 2 N–H and O–H groups in total. The Balaban J connectivity index is 0.00000242. The molecule has 5 heteroatoms. The molecule has 2 rings (SSSR count). The third-order valence-electron chi connectivity index (χ3n) is 5.46. The number of aliphatic imine (C=N–C) groups is 1. The lowest BCUT2D eigenvalue weighted by molar-refractivity contribution is 0.139. The number of nitrogens with one attached hydrogen (secondary N) is 2. The van der Waals surface area contributed by atoms with Gasteiger partial charge in [-0.2, -0.15) is 0 Å². The molecule has 0 aromatic rings. The maximum absolute atomic E-state index is 4.86. The van der Waals surface area contributed by atoms with Crippen molar-refractivity contribution >= 4 is 29.9 Å². The molecule has 130 valence electrons. The van der Waals surface area contributed by atoms with Crippen LogP contribution in [0.4, 0.5) is 0 Å². The van der Waals surface area contributed by atoms with Gasteiger partial charge in [-0.05, 0) is 57.0 Å². The number of halogens is 1. The van der Waals surface area contributed by atoms with E-state index < -0.39 is 0 Å². The second-order valence-corrected chi connectivity index (χ2v) is 6.83. The van der Waals surface area contributed by atoms with E-state index >= 15 is 0 Å². The second kappa shape index (κ2) is 9.96. The van der Waals surface area contributed by atoms with Gasteiger partial charge >= 0.3 is 0 Å². The third kappa shape index (κ3) is 5.55. The van der Waals surface area contributed by atoms with Crippen LogP contribution < -0.4 is 10.6 Å². The first-order valence-electron chi connectivity index (χ1n) is 8.96. The van der Waals surface area contributed by atoms with Gasteiger partial charge in [0, 0.05) is 26.2 Å². The molecule has 22 heavy (non-hydrogen) atoms. The van der Waals surface area contributed by atoms with Crippen molar-refractivity contribution < 1.29 is 0 Å². The summed E-state index contributed by atoms with van der Waals surface area (Å²) in [7, 11) is 0. The van der Waals surface area contributed by atoms with Crippen molar-refractivity contribution in [1.82, 2.24) is 15.5 Å². The molecule has 0 spiro atoms. The van der Waals surface area contributed by atoms with Gasteiger partial charge in [0.2, 0.25) is 0 Å². The molecule has 4 nitrogen and oxygen atoms in total. The van der Waals surface area contributed by atoms with Gasteiger partial charge < -0.3 is 15.5 Å². The van der Waals surface area contributed by atoms with Gasteiger partial charge in [0.15, 0.2) is 5.96 Å². The molecule has 1 aliphatic heterocycles. The summed E-state index contributed by atoms with van der Waals surface area (Å²) in [6, 6.07) is 0. The molecule has 0 bridgehead atoms. The Bertz CT molecular complexity index is 336. The average Bonchev–Trinajstić information content (AvgIpc) is 2.92. The predicted octanol–water partition coefficient (Wildman–Crippen LogP) is 3.08. The molecule has 1 saturated heterocycles. The summed E-state index contributed by atoms with van der Waals surface area (Å²) >= 11 is 0. The second-order valence-electron chi connectivity index (χ2n) is 6.83. The van der Waals surface area contributed by atoms with Crippen molar-refractivity contribution in [3.63, 3.8) is 0 Å². The minimum absolute atomic E-state index is 0. The van der Waals surface area contributed by atoms with Crippen LogP contribution in [0.5, 0.6) is 0 Å². The zero-order chi connectivity index (χ0) is 15.1. The highest BCUT2D eigenvalue weighted by atomic mass is 127. The Morgan fingerprint density at radius 3 is 2.50 bits per heavy atom. The molecule has 1 heterocycles. The molecular weight excluding hydrogens is 387 g/mol. The fraction of sp³-hybridized carbons (Fsp3) is 0.941. The zero-order valence-electron chi connectivity index (χ0n) is 14.7. The zero-order valence-corrected chi connectivity index (χ0v) is 17.0. The average molecular weight is 422 g/mol. The van der Waals surface area contributed by atoms with E-state index in [0.717, 1.165) is 31.5 Å². The van der Waals surface area contributed by atoms with Gasteiger partial charge in [-0.25, -0.2) is 0 Å². The molecule has 1 atom stereocenters. The van der Waals surface area contributed by atoms with Gasteiger partial charge in [-0.15, -0.1) is 24.0 Å². The quantitative estimate of drug-likeness (QED) is 0.376. The van der Waals surface area contributed by atoms with Crippen LogP contribution in [0.15, 0.2) is 4.99 Å². The van der Waals surface area contributed by atoms with E-state index in [1.165, 1.54) is 51.7 Å². The molecule has 2 aliphatic rings. The molecule has 0 aromatic heterocycles. The number of nitrogens with zero attached hydrogens (tertiary/aromatic N) is 2. The van der Waals surface area contributed by atoms with Crippen LogP contribution in [0, 0.1) is 11.3 Å². The fourth-order valence-electron chi connectivity index (χ4n) is 3.50. The Labute approximate surface area is 153 Å². The molecule has 1 unspecified atom stereocenters. The number of likely N-dealkylation sites (tertiary alicyclic amines) is 1. The highest BCUT2D eigenvalue weighted by molar-refractivity contribution is 14.0. The SMILES string of the molecule is CCNC(=NCC1(CC)CCC1)NCC1CCN(CC)C1.I. The summed E-state index contributed by atoms with van der Waals surface area (Å²) in [5, 5.41) is 6.97. The first kappa shape index (κ1) is 20.0. The van der Waals surface area contributed by atoms with Gasteiger partial charge in [-0.3, -0.25) is 4.99 Å². The van der Waals surface area contributed by atoms with Crippen molar-refractivity contribution in [1.29, 1.82) is 0 Å². The van der Waals surface area contributed by atoms with Crippen molar-refractivity contribution in [2.75, 3.05) is 39.3 Å². The van der Waals surface area contributed by atoms with Crippen molar-refractivity contribution in [2.24, 2.45) is 16.3 Å². The van der Waals surface area contributed by atoms with E-state index in [0.29, 0.717) is 5.41 Å². The van der Waals surface area contributed by atoms with E-state index in [4.69, 9.17) is 4.99 Å². The van der Waals surface area contributed by atoms with Crippen LogP contribution in [-0.4, -0.2) is 50.1 Å². The Morgan fingerprint density at radius 1 is 1.23 bits per heavy atom. The molecule has 1 aliphatic carbocycles. The smallest absolute Gasteiger partial charge is 0.191 e. The maximum Gasteiger partial charge on any atom is 0.191 e. The molecule has 0 aromatic carbocycles. The third-order valence-corrected chi connectivity index (χ3v) is 5.46. The predicted molar refractivity (Wildman–Crippen MR) is 106 cm³/mol. The van der Waals surface area contributed by atoms with Crippen LogP contribution in [-0.2, 0) is 0 Å². The number of guanidine groups is 1. The summed E-state index contributed by atoms with van der Waals surface area (Å²) in [5.41, 5.74) is 0.509. The lowest BCUT2D eigenvalue weighted by Crippen LogP contribution is -2.42. The van der Waals surface area contributed by atoms with Gasteiger partial charge in [-0.1, -0.05) is 20.3 Å². The summed E-state index contributed by atoms with van der Waals surface area (Å²) in [5.74, 6) is 1.80. The molecule has 1 saturated carbocycles. The monoisotopic (exact) mass is 422 g/mol. The van der Waals surface area contributed by atoms with Gasteiger partial charge in [0.25, 0.3) is 0 Å². The van der Waals surface area contributed by atoms with E-state index in [-0.39, 0.29) is 24.0 Å². The van der Waals surface area contributed by atoms with Crippen molar-refractivity contribution in [2.45, 2.75) is 52.9 Å². The van der Waals surface area contributed by atoms with Crippen LogP contribution in [0.1, 0.15) is 52.9 Å². The minimum atomic E-state index is 0. The van der Waals surface area contributed by atoms with E-state index in [2.05, 4.69) is 36.3 Å². The summed E-state index contributed by atoms with van der Waals surface area (Å²) in [6.45, 7) is 13.4. The van der Waals surface area contributed by atoms with E-state index in [1.807, 2.05) is 0 Å². The van der Waals surface area contributed by atoms with Gasteiger partial charge in [0.1, 0.15) is 0 Å². The summed E-state index contributed by atoms with van der Waals surface area (Å²) in [4.78, 5) is 7.40. The first-order chi connectivity index (χ1) is 10.2. The minimum Gasteiger partial charge on any atom is -0.357 e. The first-order valence-corrected chi connectivity index (χ1v) is 8.96. The highest BCUT2D eigenvalue weighted by Crippen LogP contribution is 2.43. The fourth-order valence-corrected chi connectivity index (χ4v) is 3.50. The molecule has 2 fully saturated rings. The van der Waals surface area contributed by atoms with Crippen LogP contribution in [0.25, 0.3) is 0 Å². The normalized spacial score (nSPS) is 24.5. The van der Waals surface area contributed by atoms with Crippen LogP contribution >= 0.6 is 24.0 Å². The standard InChI is InChI=1S/C17H34N4.HI/c1-4-17(9-7-10-17)14-20-16(18-5-2)19-12-15-8-11-21(6-3)13-15;/h15H,4-14H2,1-3H3,(H2,18,19,20);1H. The van der Waals surface area contributed by atoms with Crippen molar-refractivity contribution in [3.05, 3.63) is 0 Å². The number of hydrogen-bond donors (Lipinski definition) is 2. The maximum atomic E-state index is 4.86. The van der Waals surface area contributed by atoms with Crippen LogP contribution in [0.3, 0.4) is 0 Å². The van der Waals surface area contributed by atoms with Crippen molar-refractivity contribution in [3.8, 4) is 0 Å². The molecular formula is C17H35IN4. The number of rotatable bonds is 7. The Hall–Kier alpha value is -0.0400. The topological polar surface area (TPSA) is 39.7 Å². The summed E-state index contributed by atoms with van der Waals surface area (Å²) in [6.07, 6.45) is 6.70. The largest absolute Gasteiger partial charge is 0.357 e. The Morgan fingerprint density at radius 2 is 2.00 bits per heavy atom. The highest BCUT2D eigenvalue weighted by Gasteiger charge is 2.34. The van der Waals surface area contributed by atoms with Gasteiger partial charge in [0.05, 0.1) is 0 Å².